The van der Waals surface area contributed by atoms with Gasteiger partial charge in [-0.1, -0.05) is 47.5 Å². The maximum Gasteiger partial charge on any atom is 0.350 e. The van der Waals surface area contributed by atoms with Crippen molar-refractivity contribution in [3.63, 3.8) is 0 Å². The first kappa shape index (κ1) is 22.1. The summed E-state index contributed by atoms with van der Waals surface area (Å²) in [5, 5.41) is 4.00. The number of benzene rings is 2. The number of carbonyl (C=O) groups excluding carboxylic acids is 2. The van der Waals surface area contributed by atoms with Crippen LogP contribution in [0.4, 0.5) is 5.69 Å². The number of esters is 1. The lowest BCUT2D eigenvalue weighted by Crippen LogP contribution is -2.25. The molecule has 7 nitrogen and oxygen atoms in total. The number of ether oxygens (including phenoxy) is 1. The standard InChI is InChI=1S/C22H17Cl2N3O4S/c1-12-19(21(29)27(26(12)2)14-6-4-3-5-7-14)25-17(28)11-31-22(30)20-18(24)15-9-8-13(23)10-16(15)32-20/h3-10H,11H2,1-2H3,(H,25,28). The number of aromatic nitrogens is 2. The zero-order chi connectivity index (χ0) is 23.0. The number of nitrogens with one attached hydrogen (secondary N) is 1. The highest BCUT2D eigenvalue weighted by molar-refractivity contribution is 7.21. The normalized spacial score (nSPS) is 11.0. The van der Waals surface area contributed by atoms with Gasteiger partial charge in [0, 0.05) is 22.2 Å². The summed E-state index contributed by atoms with van der Waals surface area (Å²) in [4.78, 5) is 37.9. The molecule has 0 unspecified atom stereocenters. The number of hydrogen-bond acceptors (Lipinski definition) is 5. The Labute approximate surface area is 196 Å². The zero-order valence-electron chi connectivity index (χ0n) is 17.0. The van der Waals surface area contributed by atoms with Crippen molar-refractivity contribution in [2.75, 3.05) is 11.9 Å². The number of rotatable bonds is 5. The van der Waals surface area contributed by atoms with Crippen molar-refractivity contribution in [2.45, 2.75) is 6.92 Å². The summed E-state index contributed by atoms with van der Waals surface area (Å²) in [6, 6.07) is 14.1. The molecular weight excluding hydrogens is 473 g/mol. The predicted octanol–water partition coefficient (Wildman–Crippen LogP) is 4.80. The van der Waals surface area contributed by atoms with E-state index >= 15 is 0 Å². The molecule has 0 saturated carbocycles. The van der Waals surface area contributed by atoms with Crippen molar-refractivity contribution in [2.24, 2.45) is 7.05 Å². The molecule has 0 fully saturated rings. The van der Waals surface area contributed by atoms with Gasteiger partial charge in [-0.2, -0.15) is 0 Å². The fourth-order valence-corrected chi connectivity index (χ4v) is 4.93. The molecule has 0 atom stereocenters. The van der Waals surface area contributed by atoms with Gasteiger partial charge in [0.25, 0.3) is 11.5 Å². The third kappa shape index (κ3) is 4.04. The van der Waals surface area contributed by atoms with E-state index in [4.69, 9.17) is 27.9 Å². The van der Waals surface area contributed by atoms with Crippen LogP contribution in [0.3, 0.4) is 0 Å². The van der Waals surface area contributed by atoms with E-state index in [1.807, 2.05) is 18.2 Å². The summed E-state index contributed by atoms with van der Waals surface area (Å²) in [5.41, 5.74) is 0.949. The molecule has 4 aromatic rings. The first-order chi connectivity index (χ1) is 15.3. The quantitative estimate of drug-likeness (QED) is 0.408. The van der Waals surface area contributed by atoms with Crippen LogP contribution in [-0.4, -0.2) is 27.8 Å². The van der Waals surface area contributed by atoms with E-state index in [1.165, 1.54) is 4.68 Å². The molecule has 0 saturated heterocycles. The number of thiophene rings is 1. The summed E-state index contributed by atoms with van der Waals surface area (Å²) >= 11 is 13.4. The average Bonchev–Trinajstić information content (AvgIpc) is 3.21. The summed E-state index contributed by atoms with van der Waals surface area (Å²) in [5.74, 6) is -1.36. The molecule has 1 N–H and O–H groups in total. The van der Waals surface area contributed by atoms with Gasteiger partial charge in [0.2, 0.25) is 0 Å². The fourth-order valence-electron chi connectivity index (χ4n) is 3.25. The van der Waals surface area contributed by atoms with E-state index < -0.39 is 18.5 Å². The largest absolute Gasteiger partial charge is 0.451 e. The molecule has 0 aliphatic rings. The van der Waals surface area contributed by atoms with Crippen LogP contribution in [0, 0.1) is 6.92 Å². The lowest BCUT2D eigenvalue weighted by atomic mass is 10.2. The molecule has 10 heteroatoms. The zero-order valence-corrected chi connectivity index (χ0v) is 19.3. The van der Waals surface area contributed by atoms with E-state index in [0.29, 0.717) is 21.8 Å². The second-order valence-corrected chi connectivity index (χ2v) is 8.81. The van der Waals surface area contributed by atoms with Crippen LogP contribution in [0.5, 0.6) is 0 Å². The van der Waals surface area contributed by atoms with E-state index in [9.17, 15) is 14.4 Å². The second kappa shape index (κ2) is 8.82. The van der Waals surface area contributed by atoms with Crippen LogP contribution >= 0.6 is 34.5 Å². The van der Waals surface area contributed by atoms with Crippen molar-refractivity contribution >= 4 is 62.2 Å². The molecule has 0 aliphatic carbocycles. The van der Waals surface area contributed by atoms with Gasteiger partial charge in [0.05, 0.1) is 16.4 Å². The molecular formula is C22H17Cl2N3O4S. The van der Waals surface area contributed by atoms with Gasteiger partial charge in [-0.15, -0.1) is 11.3 Å². The first-order valence-corrected chi connectivity index (χ1v) is 11.0. The van der Waals surface area contributed by atoms with E-state index in [1.54, 1.807) is 49.0 Å². The molecule has 0 radical (unpaired) electrons. The minimum Gasteiger partial charge on any atom is -0.451 e. The van der Waals surface area contributed by atoms with Gasteiger partial charge in [0.15, 0.2) is 6.61 Å². The molecule has 0 aliphatic heterocycles. The van der Waals surface area contributed by atoms with E-state index in [2.05, 4.69) is 5.32 Å². The Balaban J connectivity index is 1.49. The summed E-state index contributed by atoms with van der Waals surface area (Å²) in [6.07, 6.45) is 0. The summed E-state index contributed by atoms with van der Waals surface area (Å²) in [6.45, 7) is 1.15. The van der Waals surface area contributed by atoms with Crippen LogP contribution < -0.4 is 10.9 Å². The fraction of sp³-hybridized carbons (Fsp3) is 0.136. The smallest absolute Gasteiger partial charge is 0.350 e. The third-order valence-electron chi connectivity index (χ3n) is 4.93. The van der Waals surface area contributed by atoms with Crippen molar-refractivity contribution in [3.8, 4) is 5.69 Å². The highest BCUT2D eigenvalue weighted by atomic mass is 35.5. The van der Waals surface area contributed by atoms with Gasteiger partial charge < -0.3 is 10.1 Å². The Kier molecular flexibility index (Phi) is 6.10. The van der Waals surface area contributed by atoms with Crippen molar-refractivity contribution in [3.05, 3.63) is 79.5 Å². The molecule has 2 aromatic heterocycles. The molecule has 0 spiro atoms. The van der Waals surface area contributed by atoms with Gasteiger partial charge in [0.1, 0.15) is 10.6 Å². The predicted molar refractivity (Wildman–Crippen MR) is 127 cm³/mol. The summed E-state index contributed by atoms with van der Waals surface area (Å²) < 4.78 is 8.95. The van der Waals surface area contributed by atoms with Gasteiger partial charge in [-0.05, 0) is 31.2 Å². The Morgan fingerprint density at radius 3 is 2.56 bits per heavy atom. The van der Waals surface area contributed by atoms with Gasteiger partial charge >= 0.3 is 5.97 Å². The number of nitrogens with zero attached hydrogens (tertiary/aromatic N) is 2. The lowest BCUT2D eigenvalue weighted by Gasteiger charge is -2.07. The van der Waals surface area contributed by atoms with Crippen LogP contribution in [-0.2, 0) is 16.6 Å². The molecule has 32 heavy (non-hydrogen) atoms. The number of hydrogen-bond donors (Lipinski definition) is 1. The molecule has 2 heterocycles. The SMILES string of the molecule is Cc1c(NC(=O)COC(=O)c2sc3cc(Cl)ccc3c2Cl)c(=O)n(-c2ccccc2)n1C. The number of carbonyl (C=O) groups is 2. The minimum absolute atomic E-state index is 0.118. The highest BCUT2D eigenvalue weighted by Gasteiger charge is 2.22. The summed E-state index contributed by atoms with van der Waals surface area (Å²) in [7, 11) is 1.72. The molecule has 1 amide bonds. The monoisotopic (exact) mass is 489 g/mol. The number of para-hydroxylation sites is 1. The van der Waals surface area contributed by atoms with Crippen molar-refractivity contribution < 1.29 is 14.3 Å². The van der Waals surface area contributed by atoms with Crippen LogP contribution in [0.15, 0.2) is 53.3 Å². The number of halogens is 2. The number of amides is 1. The van der Waals surface area contributed by atoms with Crippen molar-refractivity contribution in [1.29, 1.82) is 0 Å². The maximum atomic E-state index is 12.9. The molecule has 4 rings (SSSR count). The molecule has 2 aromatic carbocycles. The van der Waals surface area contributed by atoms with Crippen molar-refractivity contribution in [1.82, 2.24) is 9.36 Å². The average molecular weight is 490 g/mol. The number of fused-ring (bicyclic) bond motifs is 1. The van der Waals surface area contributed by atoms with Crippen LogP contribution in [0.2, 0.25) is 10.0 Å². The lowest BCUT2D eigenvalue weighted by molar-refractivity contribution is -0.119. The van der Waals surface area contributed by atoms with Gasteiger partial charge in [-0.3, -0.25) is 14.3 Å². The highest BCUT2D eigenvalue weighted by Crippen LogP contribution is 2.37. The van der Waals surface area contributed by atoms with E-state index in [-0.39, 0.29) is 21.1 Å². The Morgan fingerprint density at radius 2 is 1.84 bits per heavy atom. The van der Waals surface area contributed by atoms with E-state index in [0.717, 1.165) is 16.0 Å². The third-order valence-corrected chi connectivity index (χ3v) is 6.80. The molecule has 0 bridgehead atoms. The maximum absolute atomic E-state index is 12.9. The first-order valence-electron chi connectivity index (χ1n) is 9.46. The Morgan fingerprint density at radius 1 is 1.12 bits per heavy atom. The number of anilines is 1. The minimum atomic E-state index is -0.728. The Hall–Kier alpha value is -3.07. The Bertz CT molecular complexity index is 1410. The topological polar surface area (TPSA) is 82.3 Å². The van der Waals surface area contributed by atoms with Crippen LogP contribution in [0.25, 0.3) is 15.8 Å². The van der Waals surface area contributed by atoms with Crippen LogP contribution in [0.1, 0.15) is 15.4 Å². The molecule has 164 valence electrons. The van der Waals surface area contributed by atoms with Gasteiger partial charge in [-0.25, -0.2) is 9.48 Å². The second-order valence-electron chi connectivity index (χ2n) is 6.95.